The molecule has 90 valence electrons. The minimum Gasteiger partial charge on any atom is -0.481 e. The summed E-state index contributed by atoms with van der Waals surface area (Å²) < 4.78 is 4.92. The number of amides is 1. The lowest BCUT2D eigenvalue weighted by atomic mass is 10.3. The predicted octanol–water partition coefficient (Wildman–Crippen LogP) is 0.348. The predicted molar refractivity (Wildman–Crippen MR) is 63.8 cm³/mol. The molecule has 0 aliphatic carbocycles. The van der Waals surface area contributed by atoms with E-state index in [1.807, 2.05) is 6.07 Å². The summed E-state index contributed by atoms with van der Waals surface area (Å²) in [5, 5.41) is 5.53. The number of pyridine rings is 1. The molecular formula is C10H16ClN3O2. The molecule has 0 aromatic carbocycles. The zero-order chi connectivity index (χ0) is 11.1. The van der Waals surface area contributed by atoms with Crippen molar-refractivity contribution in [2.45, 2.75) is 6.54 Å². The highest BCUT2D eigenvalue weighted by atomic mass is 35.5. The lowest BCUT2D eigenvalue weighted by Crippen LogP contribution is -2.31. The van der Waals surface area contributed by atoms with Crippen molar-refractivity contribution >= 4 is 18.3 Å². The van der Waals surface area contributed by atoms with Crippen LogP contribution in [0, 0.1) is 0 Å². The van der Waals surface area contributed by atoms with E-state index in [-0.39, 0.29) is 18.3 Å². The van der Waals surface area contributed by atoms with E-state index in [1.165, 1.54) is 0 Å². The molecule has 1 amide bonds. The lowest BCUT2D eigenvalue weighted by Gasteiger charge is -2.05. The second-order valence-corrected chi connectivity index (χ2v) is 3.02. The fraction of sp³-hybridized carbons (Fsp3) is 0.400. The van der Waals surface area contributed by atoms with Crippen LogP contribution in [0.1, 0.15) is 5.56 Å². The molecule has 0 radical (unpaired) electrons. The number of methoxy groups -OCH3 is 1. The number of nitrogens with zero attached hydrogens (tertiary/aromatic N) is 1. The Hall–Kier alpha value is -1.33. The van der Waals surface area contributed by atoms with E-state index >= 15 is 0 Å². The second-order valence-electron chi connectivity index (χ2n) is 3.02. The molecule has 1 heterocycles. The van der Waals surface area contributed by atoms with Crippen molar-refractivity contribution in [1.82, 2.24) is 15.6 Å². The summed E-state index contributed by atoms with van der Waals surface area (Å²) in [5.74, 6) is 0.536. The molecule has 0 aliphatic heterocycles. The Labute approximate surface area is 101 Å². The average molecular weight is 246 g/mol. The van der Waals surface area contributed by atoms with Gasteiger partial charge >= 0.3 is 0 Å². The molecule has 1 aromatic heterocycles. The van der Waals surface area contributed by atoms with Crippen LogP contribution in [0.4, 0.5) is 0 Å². The van der Waals surface area contributed by atoms with E-state index in [2.05, 4.69) is 15.6 Å². The average Bonchev–Trinajstić information content (AvgIpc) is 2.27. The Balaban J connectivity index is 0.00000225. The molecule has 0 bridgehead atoms. The van der Waals surface area contributed by atoms with E-state index in [1.54, 1.807) is 26.4 Å². The molecule has 0 saturated heterocycles. The van der Waals surface area contributed by atoms with Crippen LogP contribution in [-0.2, 0) is 11.3 Å². The normalized spacial score (nSPS) is 9.12. The molecular weight excluding hydrogens is 230 g/mol. The van der Waals surface area contributed by atoms with Gasteiger partial charge in [0.2, 0.25) is 11.8 Å². The Morgan fingerprint density at radius 2 is 2.25 bits per heavy atom. The minimum atomic E-state index is -0.0340. The van der Waals surface area contributed by atoms with Crippen LogP contribution in [0.3, 0.4) is 0 Å². The van der Waals surface area contributed by atoms with Crippen molar-refractivity contribution in [3.05, 3.63) is 23.9 Å². The van der Waals surface area contributed by atoms with E-state index in [0.717, 1.165) is 5.56 Å². The Kier molecular flexibility index (Phi) is 7.24. The molecule has 6 heteroatoms. The van der Waals surface area contributed by atoms with Crippen molar-refractivity contribution in [1.29, 1.82) is 0 Å². The Bertz CT molecular complexity index is 316. The highest BCUT2D eigenvalue weighted by Gasteiger charge is 1.99. The van der Waals surface area contributed by atoms with Crippen molar-refractivity contribution < 1.29 is 9.53 Å². The van der Waals surface area contributed by atoms with Gasteiger partial charge < -0.3 is 15.4 Å². The summed E-state index contributed by atoms with van der Waals surface area (Å²) in [6.07, 6.45) is 1.68. The van der Waals surface area contributed by atoms with E-state index in [4.69, 9.17) is 4.74 Å². The molecule has 0 atom stereocenters. The molecule has 0 saturated carbocycles. The van der Waals surface area contributed by atoms with Crippen LogP contribution < -0.4 is 15.4 Å². The van der Waals surface area contributed by atoms with Crippen LogP contribution in [0.25, 0.3) is 0 Å². The van der Waals surface area contributed by atoms with E-state index < -0.39 is 0 Å². The van der Waals surface area contributed by atoms with Crippen LogP contribution in [-0.4, -0.2) is 31.6 Å². The van der Waals surface area contributed by atoms with Gasteiger partial charge in [-0.2, -0.15) is 0 Å². The number of hydrogen-bond acceptors (Lipinski definition) is 4. The van der Waals surface area contributed by atoms with Gasteiger partial charge in [0.15, 0.2) is 0 Å². The SMILES string of the molecule is CNCC(=O)NCc1ccc(OC)nc1.Cl. The first-order valence-electron chi connectivity index (χ1n) is 4.66. The number of carbonyl (C=O) groups is 1. The molecule has 2 N–H and O–H groups in total. The highest BCUT2D eigenvalue weighted by Crippen LogP contribution is 2.05. The third-order valence-corrected chi connectivity index (χ3v) is 1.83. The van der Waals surface area contributed by atoms with Gasteiger partial charge in [0.25, 0.3) is 0 Å². The van der Waals surface area contributed by atoms with Crippen molar-refractivity contribution in [3.8, 4) is 5.88 Å². The monoisotopic (exact) mass is 245 g/mol. The van der Waals surface area contributed by atoms with Gasteiger partial charge in [0.05, 0.1) is 13.7 Å². The largest absolute Gasteiger partial charge is 0.481 e. The summed E-state index contributed by atoms with van der Waals surface area (Å²) in [6.45, 7) is 0.807. The molecule has 16 heavy (non-hydrogen) atoms. The van der Waals surface area contributed by atoms with Gasteiger partial charge in [0.1, 0.15) is 0 Å². The minimum absolute atomic E-state index is 0. The Morgan fingerprint density at radius 3 is 2.75 bits per heavy atom. The number of halogens is 1. The number of aromatic nitrogens is 1. The first-order chi connectivity index (χ1) is 7.26. The van der Waals surface area contributed by atoms with Crippen LogP contribution >= 0.6 is 12.4 Å². The topological polar surface area (TPSA) is 63.2 Å². The second kappa shape index (κ2) is 7.90. The van der Waals surface area contributed by atoms with Crippen LogP contribution in [0.15, 0.2) is 18.3 Å². The fourth-order valence-corrected chi connectivity index (χ4v) is 1.06. The van der Waals surface area contributed by atoms with Gasteiger partial charge in [-0.1, -0.05) is 6.07 Å². The third-order valence-electron chi connectivity index (χ3n) is 1.83. The molecule has 1 rings (SSSR count). The zero-order valence-corrected chi connectivity index (χ0v) is 10.1. The van der Waals surface area contributed by atoms with Crippen LogP contribution in [0.5, 0.6) is 5.88 Å². The standard InChI is InChI=1S/C10H15N3O2.ClH/c1-11-7-9(14)12-5-8-3-4-10(15-2)13-6-8;/h3-4,6,11H,5,7H2,1-2H3,(H,12,14);1H. The maximum absolute atomic E-state index is 11.1. The summed E-state index contributed by atoms with van der Waals surface area (Å²) in [6, 6.07) is 3.63. The van der Waals surface area contributed by atoms with Crippen molar-refractivity contribution in [2.75, 3.05) is 20.7 Å². The number of rotatable bonds is 5. The molecule has 0 fully saturated rings. The summed E-state index contributed by atoms with van der Waals surface area (Å²) in [4.78, 5) is 15.2. The van der Waals surface area contributed by atoms with Gasteiger partial charge in [-0.25, -0.2) is 4.98 Å². The number of carbonyl (C=O) groups excluding carboxylic acids is 1. The maximum Gasteiger partial charge on any atom is 0.234 e. The van der Waals surface area contributed by atoms with E-state index in [0.29, 0.717) is 19.0 Å². The highest BCUT2D eigenvalue weighted by molar-refractivity contribution is 5.85. The summed E-state index contributed by atoms with van der Waals surface area (Å²) in [7, 11) is 3.30. The van der Waals surface area contributed by atoms with E-state index in [9.17, 15) is 4.79 Å². The molecule has 1 aromatic rings. The van der Waals surface area contributed by atoms with Gasteiger partial charge in [-0.05, 0) is 12.6 Å². The van der Waals surface area contributed by atoms with Crippen molar-refractivity contribution in [2.24, 2.45) is 0 Å². The smallest absolute Gasteiger partial charge is 0.234 e. The zero-order valence-electron chi connectivity index (χ0n) is 9.32. The quantitative estimate of drug-likeness (QED) is 0.786. The summed E-state index contributed by atoms with van der Waals surface area (Å²) >= 11 is 0. The number of nitrogens with one attached hydrogen (secondary N) is 2. The van der Waals surface area contributed by atoms with Crippen molar-refractivity contribution in [3.63, 3.8) is 0 Å². The number of hydrogen-bond donors (Lipinski definition) is 2. The van der Waals surface area contributed by atoms with Crippen LogP contribution in [0.2, 0.25) is 0 Å². The molecule has 0 aliphatic rings. The molecule has 0 spiro atoms. The van der Waals surface area contributed by atoms with Gasteiger partial charge in [0, 0.05) is 18.8 Å². The molecule has 0 unspecified atom stereocenters. The number of ether oxygens (including phenoxy) is 1. The van der Waals surface area contributed by atoms with Gasteiger partial charge in [-0.3, -0.25) is 4.79 Å². The maximum atomic E-state index is 11.1. The fourth-order valence-electron chi connectivity index (χ4n) is 1.06. The third kappa shape index (κ3) is 4.95. The summed E-state index contributed by atoms with van der Waals surface area (Å²) in [5.41, 5.74) is 0.945. The number of likely N-dealkylation sites (N-methyl/N-ethyl adjacent to an activating group) is 1. The molecule has 5 nitrogen and oxygen atoms in total. The van der Waals surface area contributed by atoms with Gasteiger partial charge in [-0.15, -0.1) is 12.4 Å². The first-order valence-corrected chi connectivity index (χ1v) is 4.66. The Morgan fingerprint density at radius 1 is 1.50 bits per heavy atom. The first kappa shape index (κ1) is 14.7. The lowest BCUT2D eigenvalue weighted by molar-refractivity contribution is -0.120.